The fourth-order valence-electron chi connectivity index (χ4n) is 3.34. The molecule has 0 aliphatic carbocycles. The summed E-state index contributed by atoms with van der Waals surface area (Å²) in [6.07, 6.45) is 0.803. The molecule has 2 N–H and O–H groups in total. The Morgan fingerprint density at radius 3 is 2.55 bits per heavy atom. The summed E-state index contributed by atoms with van der Waals surface area (Å²) in [6, 6.07) is 17.3. The molecule has 0 aromatic heterocycles. The number of hydrogen-bond acceptors (Lipinski definition) is 5. The first kappa shape index (κ1) is 22.9. The predicted octanol–water partition coefficient (Wildman–Crippen LogP) is 3.87. The van der Waals surface area contributed by atoms with Crippen molar-refractivity contribution in [3.63, 3.8) is 0 Å². The first-order valence-electron chi connectivity index (χ1n) is 10.4. The molecule has 0 saturated carbocycles. The largest absolute Gasteiger partial charge is 0.487 e. The van der Waals surface area contributed by atoms with Gasteiger partial charge in [0.25, 0.3) is 11.8 Å². The van der Waals surface area contributed by atoms with Crippen molar-refractivity contribution in [1.29, 1.82) is 0 Å². The van der Waals surface area contributed by atoms with Crippen LogP contribution in [0.4, 0.5) is 5.69 Å². The molecule has 1 aliphatic heterocycles. The minimum atomic E-state index is -0.345. The van der Waals surface area contributed by atoms with Crippen LogP contribution in [-0.2, 0) is 16.1 Å². The molecule has 1 aliphatic rings. The van der Waals surface area contributed by atoms with Crippen molar-refractivity contribution in [1.82, 2.24) is 10.2 Å². The van der Waals surface area contributed by atoms with Gasteiger partial charge in [-0.3, -0.25) is 9.59 Å². The number of nitrogens with zero attached hydrogens (tertiary/aromatic N) is 1. The number of benzene rings is 2. The van der Waals surface area contributed by atoms with Crippen molar-refractivity contribution >= 4 is 29.3 Å². The topological polar surface area (TPSA) is 70.7 Å². The second-order valence-corrected chi connectivity index (χ2v) is 8.44. The highest BCUT2D eigenvalue weighted by molar-refractivity contribution is 8.02. The highest BCUT2D eigenvalue weighted by Gasteiger charge is 2.20. The third kappa shape index (κ3) is 6.87. The summed E-state index contributed by atoms with van der Waals surface area (Å²) in [7, 11) is 2.05. The maximum atomic E-state index is 13.0. The fourth-order valence-corrected chi connectivity index (χ4v) is 3.96. The quantitative estimate of drug-likeness (QED) is 0.621. The minimum absolute atomic E-state index is 0.00856. The molecule has 0 spiro atoms. The molecular formula is C24H29N3O3S. The lowest BCUT2D eigenvalue weighted by Crippen LogP contribution is -2.42. The number of rotatable bonds is 9. The smallest absolute Gasteiger partial charge is 0.291 e. The van der Waals surface area contributed by atoms with Crippen LogP contribution in [0, 0.1) is 0 Å². The molecule has 0 radical (unpaired) electrons. The monoisotopic (exact) mass is 439 g/mol. The van der Waals surface area contributed by atoms with Gasteiger partial charge in [-0.05, 0) is 31.2 Å². The van der Waals surface area contributed by atoms with Crippen molar-refractivity contribution in [3.05, 3.63) is 76.9 Å². The number of carbonyl (C=O) groups is 2. The van der Waals surface area contributed by atoms with Gasteiger partial charge in [-0.15, -0.1) is 11.8 Å². The first-order chi connectivity index (χ1) is 15.1. The van der Waals surface area contributed by atoms with E-state index in [0.29, 0.717) is 17.9 Å². The number of likely N-dealkylation sites (N-methyl/N-ethyl adjacent to an activating group) is 1. The second kappa shape index (κ2) is 11.6. The second-order valence-electron chi connectivity index (χ2n) is 7.46. The van der Waals surface area contributed by atoms with Crippen LogP contribution in [0.1, 0.15) is 29.3 Å². The van der Waals surface area contributed by atoms with E-state index >= 15 is 0 Å². The van der Waals surface area contributed by atoms with Gasteiger partial charge in [0.2, 0.25) is 0 Å². The number of para-hydroxylation sites is 1. The Balaban J connectivity index is 1.62. The zero-order valence-electron chi connectivity index (χ0n) is 18.0. The molecule has 7 heteroatoms. The molecule has 2 amide bonds. The highest BCUT2D eigenvalue weighted by atomic mass is 32.2. The Hall–Kier alpha value is -2.77. The van der Waals surface area contributed by atoms with E-state index in [4.69, 9.17) is 4.74 Å². The SMILES string of the molecule is CC[C@@H](CN(C)Cc1ccccc1)NC(=O)c1ccccc1NC(=O)C1=CSCCO1. The lowest BCUT2D eigenvalue weighted by Gasteiger charge is -2.24. The molecule has 1 atom stereocenters. The average molecular weight is 440 g/mol. The zero-order chi connectivity index (χ0) is 22.1. The van der Waals surface area contributed by atoms with E-state index in [-0.39, 0.29) is 23.6 Å². The van der Waals surface area contributed by atoms with Crippen molar-refractivity contribution in [2.75, 3.05) is 31.3 Å². The van der Waals surface area contributed by atoms with Crippen LogP contribution >= 0.6 is 11.8 Å². The van der Waals surface area contributed by atoms with Crippen LogP contribution < -0.4 is 10.6 Å². The standard InChI is InChI=1S/C24H29N3O3S/c1-3-19(16-27(2)15-18-9-5-4-6-10-18)25-23(28)20-11-7-8-12-21(20)26-24(29)22-17-31-14-13-30-22/h4-12,17,19H,3,13-16H2,1-2H3,(H,25,28)(H,26,29)/t19-/m0/s1. The number of ether oxygens (including phenoxy) is 1. The van der Waals surface area contributed by atoms with Gasteiger partial charge in [0.05, 0.1) is 17.9 Å². The van der Waals surface area contributed by atoms with Crippen LogP contribution in [0.5, 0.6) is 0 Å². The van der Waals surface area contributed by atoms with E-state index in [2.05, 4.69) is 34.6 Å². The maximum Gasteiger partial charge on any atom is 0.291 e. The lowest BCUT2D eigenvalue weighted by atomic mass is 10.1. The van der Waals surface area contributed by atoms with Crippen molar-refractivity contribution in [2.45, 2.75) is 25.9 Å². The fraction of sp³-hybridized carbons (Fsp3) is 0.333. The summed E-state index contributed by atoms with van der Waals surface area (Å²) < 4.78 is 5.41. The summed E-state index contributed by atoms with van der Waals surface area (Å²) in [5.41, 5.74) is 2.14. The molecule has 0 bridgehead atoms. The Bertz CT molecular complexity index is 917. The summed E-state index contributed by atoms with van der Waals surface area (Å²) in [4.78, 5) is 27.7. The average Bonchev–Trinajstić information content (AvgIpc) is 2.80. The molecule has 2 aromatic rings. The van der Waals surface area contributed by atoms with E-state index < -0.39 is 0 Å². The third-order valence-electron chi connectivity index (χ3n) is 4.95. The highest BCUT2D eigenvalue weighted by Crippen LogP contribution is 2.20. The summed E-state index contributed by atoms with van der Waals surface area (Å²) in [5, 5.41) is 7.63. The van der Waals surface area contributed by atoms with Crippen molar-refractivity contribution < 1.29 is 14.3 Å². The normalized spacial score (nSPS) is 14.4. The molecule has 2 aromatic carbocycles. The van der Waals surface area contributed by atoms with E-state index in [9.17, 15) is 9.59 Å². The Labute approximate surface area is 188 Å². The molecule has 164 valence electrons. The Morgan fingerprint density at radius 1 is 1.10 bits per heavy atom. The van der Waals surface area contributed by atoms with Crippen LogP contribution in [0.15, 0.2) is 65.8 Å². The van der Waals surface area contributed by atoms with Gasteiger partial charge < -0.3 is 20.3 Å². The van der Waals surface area contributed by atoms with E-state index in [1.54, 1.807) is 29.7 Å². The van der Waals surface area contributed by atoms with Gasteiger partial charge in [-0.2, -0.15) is 0 Å². The summed E-state index contributed by atoms with van der Waals surface area (Å²) in [5.74, 6) is 0.554. The van der Waals surface area contributed by atoms with Crippen molar-refractivity contribution in [3.8, 4) is 0 Å². The number of hydrogen-bond donors (Lipinski definition) is 2. The Morgan fingerprint density at radius 2 is 1.84 bits per heavy atom. The lowest BCUT2D eigenvalue weighted by molar-refractivity contribution is -0.116. The van der Waals surface area contributed by atoms with Gasteiger partial charge in [0, 0.05) is 30.3 Å². The molecule has 1 heterocycles. The Kier molecular flexibility index (Phi) is 8.55. The minimum Gasteiger partial charge on any atom is -0.487 e. The third-order valence-corrected chi connectivity index (χ3v) is 5.73. The molecule has 3 rings (SSSR count). The molecule has 6 nitrogen and oxygen atoms in total. The summed E-state index contributed by atoms with van der Waals surface area (Å²) in [6.45, 7) is 4.09. The van der Waals surface area contributed by atoms with Crippen LogP contribution in [0.25, 0.3) is 0 Å². The molecule has 0 fully saturated rings. The van der Waals surface area contributed by atoms with Gasteiger partial charge >= 0.3 is 0 Å². The van der Waals surface area contributed by atoms with E-state index in [0.717, 1.165) is 25.3 Å². The van der Waals surface area contributed by atoms with Gasteiger partial charge in [-0.1, -0.05) is 49.4 Å². The van der Waals surface area contributed by atoms with E-state index in [1.807, 2.05) is 25.2 Å². The number of carbonyl (C=O) groups excluding carboxylic acids is 2. The van der Waals surface area contributed by atoms with Crippen LogP contribution in [0.3, 0.4) is 0 Å². The molecule has 0 saturated heterocycles. The predicted molar refractivity (Wildman–Crippen MR) is 126 cm³/mol. The molecule has 31 heavy (non-hydrogen) atoms. The van der Waals surface area contributed by atoms with Gasteiger partial charge in [-0.25, -0.2) is 0 Å². The zero-order valence-corrected chi connectivity index (χ0v) is 18.8. The van der Waals surface area contributed by atoms with Crippen LogP contribution in [0.2, 0.25) is 0 Å². The van der Waals surface area contributed by atoms with E-state index in [1.165, 1.54) is 17.3 Å². The number of thioether (sulfide) groups is 1. The molecule has 0 unspecified atom stereocenters. The molecular weight excluding hydrogens is 410 g/mol. The maximum absolute atomic E-state index is 13.0. The van der Waals surface area contributed by atoms with Crippen LogP contribution in [-0.4, -0.2) is 48.7 Å². The number of amides is 2. The van der Waals surface area contributed by atoms with Gasteiger partial charge in [0.15, 0.2) is 5.76 Å². The van der Waals surface area contributed by atoms with Gasteiger partial charge in [0.1, 0.15) is 0 Å². The summed E-state index contributed by atoms with van der Waals surface area (Å²) >= 11 is 1.54. The number of anilines is 1. The van der Waals surface area contributed by atoms with Crippen molar-refractivity contribution in [2.24, 2.45) is 0 Å². The first-order valence-corrected chi connectivity index (χ1v) is 11.5. The number of nitrogens with one attached hydrogen (secondary N) is 2.